The first-order valence-corrected chi connectivity index (χ1v) is 16.4. The van der Waals surface area contributed by atoms with Crippen LogP contribution in [0.5, 0.6) is 5.75 Å². The number of unbranched alkanes of at least 4 members (excludes halogenated alkanes) is 9. The standard InChI is InChI=1S/C33H39ClN2OS2/c1-2-3-4-5-6-7-8-9-10-11-12-25-13-15-26(16-14-25)24-38-33-36-30-19-18-29(22-32(30)39-33)35-23-27-21-28(34)17-20-31(27)37/h13-23,37H,2-12,24H2,1H3. The number of aromatic hydroxyl groups is 1. The van der Waals surface area contributed by atoms with E-state index < -0.39 is 0 Å². The van der Waals surface area contributed by atoms with E-state index in [2.05, 4.69) is 36.2 Å². The molecule has 0 atom stereocenters. The molecule has 0 fully saturated rings. The minimum atomic E-state index is 0.160. The molecule has 0 saturated carbocycles. The molecular formula is C33H39ClN2OS2. The fourth-order valence-corrected chi connectivity index (χ4v) is 6.81. The van der Waals surface area contributed by atoms with Crippen molar-refractivity contribution in [3.63, 3.8) is 0 Å². The summed E-state index contributed by atoms with van der Waals surface area (Å²) in [5, 5.41) is 10.6. The second-order valence-electron chi connectivity index (χ2n) is 10.1. The van der Waals surface area contributed by atoms with Crippen LogP contribution >= 0.6 is 34.7 Å². The molecule has 0 radical (unpaired) electrons. The van der Waals surface area contributed by atoms with Crippen LogP contribution in [0.4, 0.5) is 5.69 Å². The molecule has 1 aromatic heterocycles. The number of phenols is 1. The third-order valence-electron chi connectivity index (χ3n) is 6.90. The highest BCUT2D eigenvalue weighted by atomic mass is 35.5. The van der Waals surface area contributed by atoms with Crippen LogP contribution in [-0.2, 0) is 12.2 Å². The Labute approximate surface area is 246 Å². The van der Waals surface area contributed by atoms with E-state index in [0.717, 1.165) is 26.0 Å². The number of phenolic OH excluding ortho intramolecular Hbond substituents is 1. The van der Waals surface area contributed by atoms with Gasteiger partial charge in [-0.3, -0.25) is 4.99 Å². The maximum atomic E-state index is 10.00. The van der Waals surface area contributed by atoms with E-state index in [1.54, 1.807) is 47.5 Å². The van der Waals surface area contributed by atoms with Gasteiger partial charge in [0.05, 0.1) is 15.9 Å². The average molecular weight is 579 g/mol. The summed E-state index contributed by atoms with van der Waals surface area (Å²) in [5.74, 6) is 1.07. The Morgan fingerprint density at radius 1 is 0.846 bits per heavy atom. The van der Waals surface area contributed by atoms with Crippen molar-refractivity contribution in [3.05, 3.63) is 82.4 Å². The van der Waals surface area contributed by atoms with Gasteiger partial charge in [0, 0.05) is 22.6 Å². The summed E-state index contributed by atoms with van der Waals surface area (Å²) in [6.45, 7) is 2.28. The Morgan fingerprint density at radius 2 is 1.54 bits per heavy atom. The quantitative estimate of drug-likeness (QED) is 0.0816. The van der Waals surface area contributed by atoms with Gasteiger partial charge in [0.1, 0.15) is 5.75 Å². The molecule has 4 rings (SSSR count). The van der Waals surface area contributed by atoms with Gasteiger partial charge in [-0.05, 0) is 60.4 Å². The predicted octanol–water partition coefficient (Wildman–Crippen LogP) is 11.2. The lowest BCUT2D eigenvalue weighted by Gasteiger charge is -2.05. The number of aliphatic imine (C=N–C) groups is 1. The summed E-state index contributed by atoms with van der Waals surface area (Å²) in [6, 6.07) is 20.0. The van der Waals surface area contributed by atoms with Gasteiger partial charge in [-0.25, -0.2) is 4.98 Å². The number of thioether (sulfide) groups is 1. The van der Waals surface area contributed by atoms with Crippen LogP contribution in [0.3, 0.4) is 0 Å². The largest absolute Gasteiger partial charge is 0.507 e. The van der Waals surface area contributed by atoms with Crippen LogP contribution in [0.2, 0.25) is 5.02 Å². The maximum Gasteiger partial charge on any atom is 0.151 e. The average Bonchev–Trinajstić information content (AvgIpc) is 3.36. The Balaban J connectivity index is 1.19. The molecule has 0 bridgehead atoms. The minimum absolute atomic E-state index is 0.160. The summed E-state index contributed by atoms with van der Waals surface area (Å²) < 4.78 is 2.17. The fraction of sp³-hybridized carbons (Fsp3) is 0.394. The van der Waals surface area contributed by atoms with E-state index in [9.17, 15) is 5.11 Å². The molecule has 0 saturated heterocycles. The van der Waals surface area contributed by atoms with Crippen LogP contribution in [0, 0.1) is 0 Å². The zero-order chi connectivity index (χ0) is 27.3. The van der Waals surface area contributed by atoms with Gasteiger partial charge in [0.2, 0.25) is 0 Å². The van der Waals surface area contributed by atoms with Gasteiger partial charge in [-0.15, -0.1) is 11.3 Å². The molecule has 6 heteroatoms. The fourth-order valence-electron chi connectivity index (χ4n) is 4.57. The van der Waals surface area contributed by atoms with Crippen LogP contribution in [0.1, 0.15) is 87.8 Å². The second-order valence-corrected chi connectivity index (χ2v) is 12.8. The summed E-state index contributed by atoms with van der Waals surface area (Å²) in [7, 11) is 0. The number of fused-ring (bicyclic) bond motifs is 1. The predicted molar refractivity (Wildman–Crippen MR) is 172 cm³/mol. The van der Waals surface area contributed by atoms with Gasteiger partial charge < -0.3 is 5.11 Å². The molecule has 1 heterocycles. The smallest absolute Gasteiger partial charge is 0.151 e. The lowest BCUT2D eigenvalue weighted by molar-refractivity contribution is 0.474. The van der Waals surface area contributed by atoms with Crippen molar-refractivity contribution in [2.24, 2.45) is 4.99 Å². The molecule has 3 aromatic carbocycles. The SMILES string of the molecule is CCCCCCCCCCCCc1ccc(CSc2nc3ccc(N=Cc4cc(Cl)ccc4O)cc3s2)cc1. The second kappa shape index (κ2) is 16.1. The Morgan fingerprint density at radius 3 is 2.28 bits per heavy atom. The highest BCUT2D eigenvalue weighted by molar-refractivity contribution is 8.00. The number of rotatable bonds is 16. The van der Waals surface area contributed by atoms with E-state index in [4.69, 9.17) is 16.6 Å². The van der Waals surface area contributed by atoms with E-state index in [1.807, 2.05) is 18.2 Å². The van der Waals surface area contributed by atoms with E-state index in [1.165, 1.54) is 81.8 Å². The van der Waals surface area contributed by atoms with E-state index >= 15 is 0 Å². The van der Waals surface area contributed by atoms with Gasteiger partial charge in [-0.2, -0.15) is 0 Å². The summed E-state index contributed by atoms with van der Waals surface area (Å²) >= 11 is 9.51. The molecule has 1 N–H and O–H groups in total. The molecule has 39 heavy (non-hydrogen) atoms. The Kier molecular flexibility index (Phi) is 12.2. The number of halogens is 1. The zero-order valence-corrected chi connectivity index (χ0v) is 25.3. The molecule has 0 spiro atoms. The maximum absolute atomic E-state index is 10.00. The lowest BCUT2D eigenvalue weighted by atomic mass is 10.0. The Hall–Kier alpha value is -2.34. The molecule has 0 aliphatic rings. The van der Waals surface area contributed by atoms with Crippen molar-refractivity contribution in [3.8, 4) is 5.75 Å². The molecule has 0 aliphatic heterocycles. The van der Waals surface area contributed by atoms with Gasteiger partial charge in [0.25, 0.3) is 0 Å². The topological polar surface area (TPSA) is 45.5 Å². The van der Waals surface area contributed by atoms with Crippen LogP contribution < -0.4 is 0 Å². The highest BCUT2D eigenvalue weighted by Gasteiger charge is 2.07. The Bertz CT molecular complexity index is 1330. The van der Waals surface area contributed by atoms with E-state index in [-0.39, 0.29) is 5.75 Å². The summed E-state index contributed by atoms with van der Waals surface area (Å²) in [4.78, 5) is 9.31. The van der Waals surface area contributed by atoms with E-state index in [0.29, 0.717) is 10.6 Å². The van der Waals surface area contributed by atoms with Crippen molar-refractivity contribution in [1.82, 2.24) is 4.98 Å². The molecule has 3 nitrogen and oxygen atoms in total. The van der Waals surface area contributed by atoms with Gasteiger partial charge in [0.15, 0.2) is 4.34 Å². The first-order valence-electron chi connectivity index (χ1n) is 14.2. The van der Waals surface area contributed by atoms with Crippen molar-refractivity contribution in [2.75, 3.05) is 0 Å². The molecule has 0 unspecified atom stereocenters. The van der Waals surface area contributed by atoms with Crippen LogP contribution in [0.25, 0.3) is 10.2 Å². The normalized spacial score (nSPS) is 11.6. The number of hydrogen-bond acceptors (Lipinski definition) is 5. The van der Waals surface area contributed by atoms with Gasteiger partial charge in [-0.1, -0.05) is 112 Å². The number of thiazole rings is 1. The summed E-state index contributed by atoms with van der Waals surface area (Å²) in [5.41, 5.74) is 5.18. The van der Waals surface area contributed by atoms with Crippen molar-refractivity contribution < 1.29 is 5.11 Å². The highest BCUT2D eigenvalue weighted by Crippen LogP contribution is 2.33. The minimum Gasteiger partial charge on any atom is -0.507 e. The molecule has 206 valence electrons. The first-order chi connectivity index (χ1) is 19.1. The lowest BCUT2D eigenvalue weighted by Crippen LogP contribution is -1.88. The number of benzene rings is 3. The third kappa shape index (κ3) is 9.97. The zero-order valence-electron chi connectivity index (χ0n) is 22.9. The molecule has 4 aromatic rings. The number of aryl methyl sites for hydroxylation is 1. The monoisotopic (exact) mass is 578 g/mol. The van der Waals surface area contributed by atoms with Crippen LogP contribution in [0.15, 0.2) is 70.0 Å². The number of nitrogens with zero attached hydrogens (tertiary/aromatic N) is 2. The third-order valence-corrected chi connectivity index (χ3v) is 9.37. The van der Waals surface area contributed by atoms with Crippen molar-refractivity contribution >= 4 is 56.8 Å². The molecular weight excluding hydrogens is 540 g/mol. The van der Waals surface area contributed by atoms with Crippen molar-refractivity contribution in [2.45, 2.75) is 87.6 Å². The van der Waals surface area contributed by atoms with Gasteiger partial charge >= 0.3 is 0 Å². The van der Waals surface area contributed by atoms with Crippen molar-refractivity contribution in [1.29, 1.82) is 0 Å². The molecule has 0 amide bonds. The summed E-state index contributed by atoms with van der Waals surface area (Å²) in [6.07, 6.45) is 16.6. The number of aromatic nitrogens is 1. The van der Waals surface area contributed by atoms with Crippen LogP contribution in [-0.4, -0.2) is 16.3 Å². The first kappa shape index (κ1) is 29.6. The number of hydrogen-bond donors (Lipinski definition) is 1. The molecule has 0 aliphatic carbocycles.